The Morgan fingerprint density at radius 1 is 1.11 bits per heavy atom. The van der Waals surface area contributed by atoms with E-state index in [9.17, 15) is 14.4 Å². The molecule has 3 N–H and O–H groups in total. The SMILES string of the molecule is COc1ccccc1[C@@H](NC(=O)CC[C@@]1(C)NC(=O)NC1=O)c1ccccc1. The van der Waals surface area contributed by atoms with E-state index < -0.39 is 23.5 Å². The highest BCUT2D eigenvalue weighted by Gasteiger charge is 2.41. The minimum Gasteiger partial charge on any atom is -0.496 e. The Hall–Kier alpha value is -3.35. The maximum atomic E-state index is 12.7. The Kier molecular flexibility index (Phi) is 5.63. The molecule has 146 valence electrons. The van der Waals surface area contributed by atoms with E-state index >= 15 is 0 Å². The number of carbonyl (C=O) groups excluding carboxylic acids is 3. The van der Waals surface area contributed by atoms with Crippen LogP contribution < -0.4 is 20.7 Å². The Bertz CT molecular complexity index is 884. The number of ether oxygens (including phenoxy) is 1. The standard InChI is InChI=1S/C21H23N3O4/c1-21(19(26)23-20(27)24-21)13-12-17(25)22-18(14-8-4-3-5-9-14)15-10-6-7-11-16(15)28-2/h3-11,18H,12-13H2,1-2H3,(H,22,25)(H2,23,24,26,27)/t18-,21+/m0/s1. The van der Waals surface area contributed by atoms with E-state index in [4.69, 9.17) is 4.74 Å². The van der Waals surface area contributed by atoms with Crippen LogP contribution in [-0.4, -0.2) is 30.5 Å². The van der Waals surface area contributed by atoms with E-state index in [2.05, 4.69) is 16.0 Å². The topological polar surface area (TPSA) is 96.5 Å². The van der Waals surface area contributed by atoms with Gasteiger partial charge in [0, 0.05) is 12.0 Å². The summed E-state index contributed by atoms with van der Waals surface area (Å²) in [5, 5.41) is 7.80. The van der Waals surface area contributed by atoms with Gasteiger partial charge in [-0.3, -0.25) is 14.9 Å². The maximum absolute atomic E-state index is 12.7. The molecule has 0 saturated carbocycles. The smallest absolute Gasteiger partial charge is 0.322 e. The lowest BCUT2D eigenvalue weighted by molar-refractivity contribution is -0.125. The highest BCUT2D eigenvalue weighted by Crippen LogP contribution is 2.30. The van der Waals surface area contributed by atoms with Gasteiger partial charge in [0.25, 0.3) is 5.91 Å². The van der Waals surface area contributed by atoms with Crippen molar-refractivity contribution in [3.05, 3.63) is 65.7 Å². The molecule has 1 fully saturated rings. The van der Waals surface area contributed by atoms with Crippen LogP contribution in [-0.2, 0) is 9.59 Å². The number of urea groups is 1. The number of amides is 4. The van der Waals surface area contributed by atoms with Gasteiger partial charge < -0.3 is 15.4 Å². The van der Waals surface area contributed by atoms with E-state index in [-0.39, 0.29) is 18.7 Å². The van der Waals surface area contributed by atoms with Gasteiger partial charge in [0.15, 0.2) is 0 Å². The van der Waals surface area contributed by atoms with Crippen LogP contribution in [0.25, 0.3) is 0 Å². The molecule has 2 atom stereocenters. The first kappa shape index (κ1) is 19.4. The van der Waals surface area contributed by atoms with Crippen molar-refractivity contribution >= 4 is 17.8 Å². The molecule has 2 aromatic carbocycles. The second-order valence-corrected chi connectivity index (χ2v) is 6.89. The lowest BCUT2D eigenvalue weighted by atomic mass is 9.94. The zero-order chi connectivity index (χ0) is 20.1. The highest BCUT2D eigenvalue weighted by atomic mass is 16.5. The van der Waals surface area contributed by atoms with Gasteiger partial charge >= 0.3 is 6.03 Å². The summed E-state index contributed by atoms with van der Waals surface area (Å²) >= 11 is 0. The minimum absolute atomic E-state index is 0.0860. The fourth-order valence-corrected chi connectivity index (χ4v) is 3.24. The van der Waals surface area contributed by atoms with Crippen LogP contribution >= 0.6 is 0 Å². The third kappa shape index (κ3) is 4.14. The molecule has 0 bridgehead atoms. The lowest BCUT2D eigenvalue weighted by Crippen LogP contribution is -2.44. The van der Waals surface area contributed by atoms with Crippen LogP contribution in [0.3, 0.4) is 0 Å². The molecule has 1 aliphatic heterocycles. The molecule has 0 aromatic heterocycles. The first-order chi connectivity index (χ1) is 13.4. The minimum atomic E-state index is -1.08. The number of rotatable bonds is 7. The summed E-state index contributed by atoms with van der Waals surface area (Å²) in [6.45, 7) is 1.61. The van der Waals surface area contributed by atoms with Crippen LogP contribution in [0.15, 0.2) is 54.6 Å². The van der Waals surface area contributed by atoms with Gasteiger partial charge in [-0.05, 0) is 25.0 Å². The molecule has 2 aromatic rings. The van der Waals surface area contributed by atoms with Gasteiger partial charge in [0.2, 0.25) is 5.91 Å². The Morgan fingerprint density at radius 2 is 1.79 bits per heavy atom. The third-order valence-corrected chi connectivity index (χ3v) is 4.86. The summed E-state index contributed by atoms with van der Waals surface area (Å²) < 4.78 is 5.46. The van der Waals surface area contributed by atoms with Crippen molar-refractivity contribution in [3.63, 3.8) is 0 Å². The molecule has 0 radical (unpaired) electrons. The monoisotopic (exact) mass is 381 g/mol. The zero-order valence-electron chi connectivity index (χ0n) is 15.8. The van der Waals surface area contributed by atoms with Crippen LogP contribution in [0.1, 0.15) is 36.9 Å². The highest BCUT2D eigenvalue weighted by molar-refractivity contribution is 6.06. The second kappa shape index (κ2) is 8.12. The Morgan fingerprint density at radius 3 is 2.43 bits per heavy atom. The summed E-state index contributed by atoms with van der Waals surface area (Å²) in [5.41, 5.74) is 0.669. The molecule has 0 aliphatic carbocycles. The van der Waals surface area contributed by atoms with Crippen molar-refractivity contribution in [2.75, 3.05) is 7.11 Å². The summed E-state index contributed by atoms with van der Waals surface area (Å²) in [6.07, 6.45) is 0.284. The molecule has 1 heterocycles. The van der Waals surface area contributed by atoms with Crippen molar-refractivity contribution in [1.82, 2.24) is 16.0 Å². The van der Waals surface area contributed by atoms with Crippen molar-refractivity contribution in [1.29, 1.82) is 0 Å². The summed E-state index contributed by atoms with van der Waals surface area (Å²) in [7, 11) is 1.59. The predicted molar refractivity (Wildman–Crippen MR) is 104 cm³/mol. The van der Waals surface area contributed by atoms with Crippen LogP contribution in [0.4, 0.5) is 4.79 Å². The normalized spacial score (nSPS) is 19.5. The van der Waals surface area contributed by atoms with Crippen molar-refractivity contribution in [2.45, 2.75) is 31.3 Å². The summed E-state index contributed by atoms with van der Waals surface area (Å²) in [6, 6.07) is 16.2. The van der Waals surface area contributed by atoms with E-state index in [1.165, 1.54) is 0 Å². The van der Waals surface area contributed by atoms with E-state index in [1.807, 2.05) is 54.6 Å². The van der Waals surface area contributed by atoms with Gasteiger partial charge in [0.05, 0.1) is 13.2 Å². The first-order valence-electron chi connectivity index (χ1n) is 9.04. The number of para-hydroxylation sites is 1. The average Bonchev–Trinajstić information content (AvgIpc) is 2.97. The number of imide groups is 1. The first-order valence-corrected chi connectivity index (χ1v) is 9.04. The number of nitrogens with one attached hydrogen (secondary N) is 3. The molecular weight excluding hydrogens is 358 g/mol. The fraction of sp³-hybridized carbons (Fsp3) is 0.286. The van der Waals surface area contributed by atoms with E-state index in [1.54, 1.807) is 14.0 Å². The Labute approximate surface area is 163 Å². The van der Waals surface area contributed by atoms with Crippen LogP contribution in [0.2, 0.25) is 0 Å². The molecule has 28 heavy (non-hydrogen) atoms. The lowest BCUT2D eigenvalue weighted by Gasteiger charge is -2.24. The maximum Gasteiger partial charge on any atom is 0.322 e. The number of hydrogen-bond acceptors (Lipinski definition) is 4. The van der Waals surface area contributed by atoms with E-state index in [0.717, 1.165) is 11.1 Å². The second-order valence-electron chi connectivity index (χ2n) is 6.89. The Balaban J connectivity index is 1.77. The van der Waals surface area contributed by atoms with Gasteiger partial charge in [-0.15, -0.1) is 0 Å². The molecular formula is C21H23N3O4. The predicted octanol–water partition coefficient (Wildman–Crippen LogP) is 2.28. The molecule has 7 heteroatoms. The van der Waals surface area contributed by atoms with Gasteiger partial charge in [-0.25, -0.2) is 4.79 Å². The van der Waals surface area contributed by atoms with Crippen molar-refractivity contribution in [2.24, 2.45) is 0 Å². The molecule has 0 unspecified atom stereocenters. The number of carbonyl (C=O) groups is 3. The fourth-order valence-electron chi connectivity index (χ4n) is 3.24. The van der Waals surface area contributed by atoms with Gasteiger partial charge in [-0.1, -0.05) is 48.5 Å². The molecule has 3 rings (SSSR count). The molecule has 1 aliphatic rings. The largest absolute Gasteiger partial charge is 0.496 e. The van der Waals surface area contributed by atoms with Gasteiger partial charge in [-0.2, -0.15) is 0 Å². The summed E-state index contributed by atoms with van der Waals surface area (Å²) in [5.74, 6) is 0.0237. The molecule has 7 nitrogen and oxygen atoms in total. The number of methoxy groups -OCH3 is 1. The van der Waals surface area contributed by atoms with Gasteiger partial charge in [0.1, 0.15) is 11.3 Å². The number of benzene rings is 2. The van der Waals surface area contributed by atoms with Crippen LogP contribution in [0, 0.1) is 0 Å². The average molecular weight is 381 g/mol. The van der Waals surface area contributed by atoms with Crippen LogP contribution in [0.5, 0.6) is 5.75 Å². The quantitative estimate of drug-likeness (QED) is 0.641. The number of hydrogen-bond donors (Lipinski definition) is 3. The molecule has 1 saturated heterocycles. The van der Waals surface area contributed by atoms with Crippen molar-refractivity contribution in [3.8, 4) is 5.75 Å². The molecule has 4 amide bonds. The summed E-state index contributed by atoms with van der Waals surface area (Å²) in [4.78, 5) is 36.0. The third-order valence-electron chi connectivity index (χ3n) is 4.86. The zero-order valence-corrected chi connectivity index (χ0v) is 15.8. The molecule has 0 spiro atoms. The van der Waals surface area contributed by atoms with Crippen molar-refractivity contribution < 1.29 is 19.1 Å². The van der Waals surface area contributed by atoms with E-state index in [0.29, 0.717) is 5.75 Å².